The van der Waals surface area contributed by atoms with Gasteiger partial charge in [-0.25, -0.2) is 4.79 Å². The van der Waals surface area contributed by atoms with E-state index in [0.29, 0.717) is 17.9 Å². The molecule has 0 bridgehead atoms. The number of methoxy groups -OCH3 is 1. The number of phenolic OH excluding ortho intramolecular Hbond substituents is 1. The fourth-order valence-electron chi connectivity index (χ4n) is 6.04. The van der Waals surface area contributed by atoms with Gasteiger partial charge >= 0.3 is 6.09 Å². The fraction of sp³-hybridized carbons (Fsp3) is 0.387. The average molecular weight is 532 g/mol. The lowest BCUT2D eigenvalue weighted by Gasteiger charge is -2.31. The van der Waals surface area contributed by atoms with Crippen LogP contribution in [0.15, 0.2) is 71.3 Å². The molecule has 2 fully saturated rings. The Hall–Kier alpha value is -3.91. The van der Waals surface area contributed by atoms with Crippen molar-refractivity contribution in [3.05, 3.63) is 76.9 Å². The number of fused-ring (bicyclic) bond motifs is 3. The highest BCUT2D eigenvalue weighted by Crippen LogP contribution is 2.50. The van der Waals surface area contributed by atoms with Crippen molar-refractivity contribution in [2.24, 2.45) is 17.8 Å². The van der Waals surface area contributed by atoms with E-state index in [9.17, 15) is 19.5 Å². The molecule has 204 valence electrons. The van der Waals surface area contributed by atoms with Gasteiger partial charge in [0.1, 0.15) is 18.1 Å². The number of imide groups is 3. The van der Waals surface area contributed by atoms with E-state index in [0.717, 1.165) is 41.7 Å². The Morgan fingerprint density at radius 1 is 1.08 bits per heavy atom. The van der Waals surface area contributed by atoms with Crippen LogP contribution in [0.1, 0.15) is 38.2 Å². The second kappa shape index (κ2) is 11.5. The van der Waals surface area contributed by atoms with Crippen molar-refractivity contribution in [2.75, 3.05) is 20.3 Å². The lowest BCUT2D eigenvalue weighted by Crippen LogP contribution is -2.38. The van der Waals surface area contributed by atoms with Gasteiger partial charge in [-0.1, -0.05) is 48.9 Å². The summed E-state index contributed by atoms with van der Waals surface area (Å²) >= 11 is 0. The maximum absolute atomic E-state index is 13.3. The van der Waals surface area contributed by atoms with Gasteiger partial charge in [0.15, 0.2) is 0 Å². The summed E-state index contributed by atoms with van der Waals surface area (Å²) in [5.74, 6) is -1.64. The summed E-state index contributed by atoms with van der Waals surface area (Å²) in [5.41, 5.74) is 4.25. The second-order valence-electron chi connectivity index (χ2n) is 10.2. The van der Waals surface area contributed by atoms with Gasteiger partial charge in [0.2, 0.25) is 11.8 Å². The van der Waals surface area contributed by atoms with Crippen molar-refractivity contribution >= 4 is 24.0 Å². The number of aromatic hydroxyl groups is 1. The molecule has 8 heteroatoms. The molecule has 0 unspecified atom stereocenters. The van der Waals surface area contributed by atoms with Crippen molar-refractivity contribution in [1.82, 2.24) is 4.90 Å². The predicted octanol–water partition coefficient (Wildman–Crippen LogP) is 5.13. The molecule has 2 saturated heterocycles. The minimum absolute atomic E-state index is 0.213. The van der Waals surface area contributed by atoms with Crippen molar-refractivity contribution < 1.29 is 33.7 Å². The Morgan fingerprint density at radius 2 is 1.82 bits per heavy atom. The van der Waals surface area contributed by atoms with Gasteiger partial charge in [-0.05, 0) is 66.7 Å². The SMILES string of the molecule is CC/C(=C\c1ccc(O)cc1)CC[C@H]1OC[C@H]2C1=C(COc1ccccc1)C[C@H]1C(=O)N(C(=O)OC)C(=O)[C@H]12. The van der Waals surface area contributed by atoms with E-state index >= 15 is 0 Å². The Morgan fingerprint density at radius 3 is 2.51 bits per heavy atom. The molecule has 3 amide bonds. The molecule has 0 radical (unpaired) electrons. The number of ether oxygens (including phenoxy) is 3. The molecule has 8 nitrogen and oxygen atoms in total. The van der Waals surface area contributed by atoms with E-state index in [4.69, 9.17) is 14.2 Å². The van der Waals surface area contributed by atoms with Gasteiger partial charge in [-0.2, -0.15) is 4.90 Å². The van der Waals surface area contributed by atoms with Crippen LogP contribution in [0.4, 0.5) is 4.79 Å². The molecule has 1 aliphatic carbocycles. The highest BCUT2D eigenvalue weighted by atomic mass is 16.5. The van der Waals surface area contributed by atoms with Crippen LogP contribution in [-0.2, 0) is 19.1 Å². The summed E-state index contributed by atoms with van der Waals surface area (Å²) in [5, 5.41) is 9.58. The number of para-hydroxylation sites is 1. The fourth-order valence-corrected chi connectivity index (χ4v) is 6.04. The lowest BCUT2D eigenvalue weighted by atomic mass is 9.69. The zero-order valence-electron chi connectivity index (χ0n) is 22.2. The summed E-state index contributed by atoms with van der Waals surface area (Å²) in [6, 6.07) is 16.6. The lowest BCUT2D eigenvalue weighted by molar-refractivity contribution is -0.137. The molecule has 5 rings (SSSR count). The molecule has 2 aromatic rings. The van der Waals surface area contributed by atoms with E-state index in [2.05, 4.69) is 13.0 Å². The molecular formula is C31H33NO7. The summed E-state index contributed by atoms with van der Waals surface area (Å²) < 4.78 is 17.1. The zero-order chi connectivity index (χ0) is 27.5. The van der Waals surface area contributed by atoms with Gasteiger partial charge in [0, 0.05) is 5.92 Å². The molecule has 0 saturated carbocycles. The molecule has 2 aromatic carbocycles. The van der Waals surface area contributed by atoms with Gasteiger partial charge in [-0.3, -0.25) is 9.59 Å². The van der Waals surface area contributed by atoms with Crippen LogP contribution in [0, 0.1) is 17.8 Å². The first-order chi connectivity index (χ1) is 18.9. The topological polar surface area (TPSA) is 102 Å². The predicted molar refractivity (Wildman–Crippen MR) is 144 cm³/mol. The van der Waals surface area contributed by atoms with Gasteiger partial charge in [-0.15, -0.1) is 0 Å². The normalized spacial score (nSPS) is 24.6. The van der Waals surface area contributed by atoms with Gasteiger partial charge in [0.05, 0.1) is 31.7 Å². The Bertz CT molecular complexity index is 1300. The van der Waals surface area contributed by atoms with Gasteiger partial charge in [0.25, 0.3) is 0 Å². The Labute approximate surface area is 227 Å². The Kier molecular flexibility index (Phi) is 7.84. The minimum atomic E-state index is -0.939. The van der Waals surface area contributed by atoms with E-state index in [1.165, 1.54) is 12.7 Å². The number of hydrogen-bond acceptors (Lipinski definition) is 7. The first-order valence-electron chi connectivity index (χ1n) is 13.4. The molecule has 0 spiro atoms. The second-order valence-corrected chi connectivity index (χ2v) is 10.2. The number of likely N-dealkylation sites (tertiary alicyclic amines) is 1. The van der Waals surface area contributed by atoms with Crippen LogP contribution < -0.4 is 4.74 Å². The first kappa shape index (κ1) is 26.7. The molecular weight excluding hydrogens is 498 g/mol. The third-order valence-electron chi connectivity index (χ3n) is 7.97. The van der Waals surface area contributed by atoms with E-state index in [-0.39, 0.29) is 24.4 Å². The standard InChI is InChI=1S/C31H33NO7/c1-3-19(15-20-9-12-22(33)13-10-20)11-14-26-27-21(17-38-23-7-5-4-6-8-23)16-24-28(25(27)18-39-26)30(35)32(29(24)34)31(36)37-2/h4-10,12-13,15,24-26,28,33H,3,11,14,16-18H2,1-2H3/b19-15+/t24-,25+,26-,28-/m1/s1. The summed E-state index contributed by atoms with van der Waals surface area (Å²) in [7, 11) is 1.17. The average Bonchev–Trinajstić information content (AvgIpc) is 3.49. The zero-order valence-corrected chi connectivity index (χ0v) is 22.2. The number of carbonyl (C=O) groups is 3. The van der Waals surface area contributed by atoms with Crippen molar-refractivity contribution in [3.8, 4) is 11.5 Å². The minimum Gasteiger partial charge on any atom is -0.508 e. The summed E-state index contributed by atoms with van der Waals surface area (Å²) in [6.45, 7) is 2.70. The number of phenols is 1. The number of rotatable bonds is 8. The quantitative estimate of drug-likeness (QED) is 0.372. The number of nitrogens with zero attached hydrogens (tertiary/aromatic N) is 1. The molecule has 3 aliphatic rings. The van der Waals surface area contributed by atoms with Crippen molar-refractivity contribution in [1.29, 1.82) is 0 Å². The summed E-state index contributed by atoms with van der Waals surface area (Å²) in [4.78, 5) is 39.4. The molecule has 39 heavy (non-hydrogen) atoms. The van der Waals surface area contributed by atoms with Crippen LogP contribution in [0.3, 0.4) is 0 Å². The largest absolute Gasteiger partial charge is 0.508 e. The van der Waals surface area contributed by atoms with Crippen LogP contribution in [0.25, 0.3) is 6.08 Å². The molecule has 2 heterocycles. The highest BCUT2D eigenvalue weighted by Gasteiger charge is 2.59. The Balaban J connectivity index is 1.41. The van der Waals surface area contributed by atoms with Crippen LogP contribution in [-0.4, -0.2) is 54.3 Å². The van der Waals surface area contributed by atoms with Gasteiger partial charge < -0.3 is 19.3 Å². The third-order valence-corrected chi connectivity index (χ3v) is 7.97. The van der Waals surface area contributed by atoms with Crippen LogP contribution in [0.2, 0.25) is 0 Å². The molecule has 4 atom stereocenters. The van der Waals surface area contributed by atoms with Crippen LogP contribution >= 0.6 is 0 Å². The van der Waals surface area contributed by atoms with Crippen LogP contribution in [0.5, 0.6) is 11.5 Å². The molecule has 2 aliphatic heterocycles. The number of amides is 3. The monoisotopic (exact) mass is 531 g/mol. The number of allylic oxidation sites excluding steroid dienone is 1. The third kappa shape index (κ3) is 5.34. The van der Waals surface area contributed by atoms with E-state index < -0.39 is 29.7 Å². The van der Waals surface area contributed by atoms with Crippen molar-refractivity contribution in [3.63, 3.8) is 0 Å². The van der Waals surface area contributed by atoms with E-state index in [1.807, 2.05) is 42.5 Å². The molecule has 1 N–H and O–H groups in total. The molecule has 0 aromatic heterocycles. The smallest absolute Gasteiger partial charge is 0.423 e. The number of carbonyl (C=O) groups excluding carboxylic acids is 3. The van der Waals surface area contributed by atoms with E-state index in [1.54, 1.807) is 12.1 Å². The number of hydrogen-bond donors (Lipinski definition) is 1. The van der Waals surface area contributed by atoms with Crippen molar-refractivity contribution in [2.45, 2.75) is 38.7 Å². The number of benzene rings is 2. The summed E-state index contributed by atoms with van der Waals surface area (Å²) in [6.07, 6.45) is 3.70. The first-order valence-corrected chi connectivity index (χ1v) is 13.4. The maximum Gasteiger partial charge on any atom is 0.423 e. The highest BCUT2D eigenvalue weighted by molar-refractivity contribution is 6.16. The maximum atomic E-state index is 13.3.